The fourth-order valence-corrected chi connectivity index (χ4v) is 5.36. The molecular weight excluding hydrogens is 334 g/mol. The average molecular weight is 359 g/mol. The number of aryl methyl sites for hydroxylation is 1. The molecule has 0 saturated heterocycles. The molecule has 6 nitrogen and oxygen atoms in total. The van der Waals surface area contributed by atoms with E-state index in [1.54, 1.807) is 17.7 Å². The number of anilines is 1. The molecule has 0 bridgehead atoms. The molecule has 2 aliphatic carbocycles. The van der Waals surface area contributed by atoms with Crippen molar-refractivity contribution < 1.29 is 4.79 Å². The summed E-state index contributed by atoms with van der Waals surface area (Å²) in [7, 11) is 2.04. The Morgan fingerprint density at radius 3 is 2.68 bits per heavy atom. The molecule has 2 aromatic rings. The van der Waals surface area contributed by atoms with E-state index in [2.05, 4.69) is 20.6 Å². The third-order valence-electron chi connectivity index (χ3n) is 5.72. The quantitative estimate of drug-likeness (QED) is 0.778. The van der Waals surface area contributed by atoms with Gasteiger partial charge in [0.25, 0.3) is 0 Å². The van der Waals surface area contributed by atoms with E-state index in [4.69, 9.17) is 5.73 Å². The second-order valence-corrected chi connectivity index (χ2v) is 8.31. The molecule has 1 atom stereocenters. The first kappa shape index (κ1) is 16.7. The van der Waals surface area contributed by atoms with Gasteiger partial charge in [-0.15, -0.1) is 11.3 Å². The van der Waals surface area contributed by atoms with E-state index in [0.29, 0.717) is 12.1 Å². The van der Waals surface area contributed by atoms with Gasteiger partial charge in [0.2, 0.25) is 5.91 Å². The van der Waals surface area contributed by atoms with Crippen LogP contribution in [0.25, 0.3) is 10.2 Å². The summed E-state index contributed by atoms with van der Waals surface area (Å²) in [5.74, 6) is 0.673. The predicted octanol–water partition coefficient (Wildman–Crippen LogP) is 2.22. The second-order valence-electron chi connectivity index (χ2n) is 7.23. The van der Waals surface area contributed by atoms with Crippen LogP contribution < -0.4 is 16.4 Å². The SMILES string of the molecule is CN[C@H]1CC[C@H](Nc2ncnc3sc4c(c23)C[C@H](C(N)=O)CC4)CC1. The number of rotatable bonds is 4. The lowest BCUT2D eigenvalue weighted by Gasteiger charge is -2.29. The number of fused-ring (bicyclic) bond motifs is 3. The minimum absolute atomic E-state index is 0.0653. The predicted molar refractivity (Wildman–Crippen MR) is 101 cm³/mol. The third kappa shape index (κ3) is 3.22. The van der Waals surface area contributed by atoms with Crippen molar-refractivity contribution in [3.8, 4) is 0 Å². The third-order valence-corrected chi connectivity index (χ3v) is 6.92. The number of nitrogens with one attached hydrogen (secondary N) is 2. The molecule has 0 radical (unpaired) electrons. The molecule has 2 aromatic heterocycles. The molecule has 0 unspecified atom stereocenters. The maximum Gasteiger partial charge on any atom is 0.220 e. The Morgan fingerprint density at radius 2 is 1.96 bits per heavy atom. The molecule has 1 fully saturated rings. The summed E-state index contributed by atoms with van der Waals surface area (Å²) in [6.45, 7) is 0. The van der Waals surface area contributed by atoms with Gasteiger partial charge in [0.05, 0.1) is 5.39 Å². The number of hydrogen-bond donors (Lipinski definition) is 3. The van der Waals surface area contributed by atoms with Crippen LogP contribution in [0.5, 0.6) is 0 Å². The Balaban J connectivity index is 1.62. The summed E-state index contributed by atoms with van der Waals surface area (Å²) in [5, 5.41) is 8.15. The standard InChI is InChI=1S/C18H25N5OS/c1-20-11-3-5-12(6-4-11)23-17-15-13-8-10(16(19)24)2-7-14(13)25-18(15)22-9-21-17/h9-12,20H,2-8H2,1H3,(H2,19,24)(H,21,22,23)/t10-,11-,12-/m1/s1. The zero-order valence-corrected chi connectivity index (χ0v) is 15.4. The van der Waals surface area contributed by atoms with Crippen LogP contribution in [0, 0.1) is 5.92 Å². The zero-order chi connectivity index (χ0) is 17.4. The van der Waals surface area contributed by atoms with E-state index in [9.17, 15) is 4.79 Å². The normalized spacial score (nSPS) is 26.4. The van der Waals surface area contributed by atoms with Crippen LogP contribution in [0.15, 0.2) is 6.33 Å². The largest absolute Gasteiger partial charge is 0.369 e. The first-order valence-corrected chi connectivity index (χ1v) is 9.95. The smallest absolute Gasteiger partial charge is 0.220 e. The molecule has 134 valence electrons. The van der Waals surface area contributed by atoms with Gasteiger partial charge >= 0.3 is 0 Å². The van der Waals surface area contributed by atoms with Gasteiger partial charge in [-0.3, -0.25) is 4.79 Å². The number of thiophene rings is 1. The molecule has 25 heavy (non-hydrogen) atoms. The minimum atomic E-state index is -0.193. The van der Waals surface area contributed by atoms with Gasteiger partial charge < -0.3 is 16.4 Å². The first-order chi connectivity index (χ1) is 12.2. The van der Waals surface area contributed by atoms with Crippen molar-refractivity contribution in [3.05, 3.63) is 16.8 Å². The number of nitrogens with two attached hydrogens (primary N) is 1. The lowest BCUT2D eigenvalue weighted by Crippen LogP contribution is -2.35. The maximum atomic E-state index is 11.7. The molecule has 2 aliphatic rings. The number of nitrogens with zero attached hydrogens (tertiary/aromatic N) is 2. The number of aromatic nitrogens is 2. The molecule has 4 N–H and O–H groups in total. The highest BCUT2D eigenvalue weighted by atomic mass is 32.1. The molecule has 0 spiro atoms. The summed E-state index contributed by atoms with van der Waals surface area (Å²) >= 11 is 1.74. The second kappa shape index (κ2) is 6.88. The van der Waals surface area contributed by atoms with Crippen LogP contribution in [-0.4, -0.2) is 35.0 Å². The zero-order valence-electron chi connectivity index (χ0n) is 14.5. The molecule has 1 saturated carbocycles. The average Bonchev–Trinajstić information content (AvgIpc) is 3.01. The van der Waals surface area contributed by atoms with Crippen molar-refractivity contribution in [1.82, 2.24) is 15.3 Å². The van der Waals surface area contributed by atoms with Gasteiger partial charge in [-0.25, -0.2) is 9.97 Å². The summed E-state index contributed by atoms with van der Waals surface area (Å²) in [5.41, 5.74) is 6.80. The van der Waals surface area contributed by atoms with E-state index in [0.717, 1.165) is 48.1 Å². The maximum absolute atomic E-state index is 11.7. The highest BCUT2D eigenvalue weighted by molar-refractivity contribution is 7.19. The lowest BCUT2D eigenvalue weighted by atomic mass is 9.86. The Bertz CT molecular complexity index is 781. The fourth-order valence-electron chi connectivity index (χ4n) is 4.18. The van der Waals surface area contributed by atoms with Gasteiger partial charge in [-0.05, 0) is 57.6 Å². The van der Waals surface area contributed by atoms with Crippen molar-refractivity contribution in [2.24, 2.45) is 11.7 Å². The monoisotopic (exact) mass is 359 g/mol. The summed E-state index contributed by atoms with van der Waals surface area (Å²) in [6, 6.07) is 1.09. The van der Waals surface area contributed by atoms with E-state index < -0.39 is 0 Å². The van der Waals surface area contributed by atoms with Gasteiger partial charge in [-0.2, -0.15) is 0 Å². The Labute approximate surface area is 151 Å². The highest BCUT2D eigenvalue weighted by Crippen LogP contribution is 2.40. The topological polar surface area (TPSA) is 92.9 Å². The highest BCUT2D eigenvalue weighted by Gasteiger charge is 2.29. The van der Waals surface area contributed by atoms with Gasteiger partial charge in [0, 0.05) is 22.9 Å². The van der Waals surface area contributed by atoms with Crippen molar-refractivity contribution in [2.75, 3.05) is 12.4 Å². The van der Waals surface area contributed by atoms with E-state index >= 15 is 0 Å². The van der Waals surface area contributed by atoms with Crippen molar-refractivity contribution in [2.45, 2.75) is 57.0 Å². The molecular formula is C18H25N5OS. The van der Waals surface area contributed by atoms with Crippen LogP contribution in [-0.2, 0) is 17.6 Å². The van der Waals surface area contributed by atoms with Crippen LogP contribution >= 0.6 is 11.3 Å². The fraction of sp³-hybridized carbons (Fsp3) is 0.611. The van der Waals surface area contributed by atoms with Crippen molar-refractivity contribution in [3.63, 3.8) is 0 Å². The van der Waals surface area contributed by atoms with E-state index in [-0.39, 0.29) is 11.8 Å². The summed E-state index contributed by atoms with van der Waals surface area (Å²) in [6.07, 6.45) is 8.80. The lowest BCUT2D eigenvalue weighted by molar-refractivity contribution is -0.122. The van der Waals surface area contributed by atoms with Gasteiger partial charge in [0.15, 0.2) is 0 Å². The van der Waals surface area contributed by atoms with Crippen LogP contribution in [0.3, 0.4) is 0 Å². The molecule has 4 rings (SSSR count). The van der Waals surface area contributed by atoms with Crippen molar-refractivity contribution >= 4 is 33.3 Å². The van der Waals surface area contributed by atoms with E-state index in [1.807, 2.05) is 7.05 Å². The Kier molecular flexibility index (Phi) is 4.60. The van der Waals surface area contributed by atoms with Crippen LogP contribution in [0.2, 0.25) is 0 Å². The van der Waals surface area contributed by atoms with Crippen LogP contribution in [0.4, 0.5) is 5.82 Å². The van der Waals surface area contributed by atoms with Gasteiger partial charge in [-0.1, -0.05) is 0 Å². The number of carbonyl (C=O) groups is 1. The molecule has 1 amide bonds. The Hall–Kier alpha value is -1.73. The minimum Gasteiger partial charge on any atom is -0.369 e. The molecule has 0 aliphatic heterocycles. The summed E-state index contributed by atoms with van der Waals surface area (Å²) < 4.78 is 0. The number of amides is 1. The molecule has 0 aromatic carbocycles. The van der Waals surface area contributed by atoms with Gasteiger partial charge in [0.1, 0.15) is 17.0 Å². The number of primary amides is 1. The van der Waals surface area contributed by atoms with E-state index in [1.165, 1.54) is 23.3 Å². The first-order valence-electron chi connectivity index (χ1n) is 9.14. The molecule has 7 heteroatoms. The Morgan fingerprint density at radius 1 is 1.20 bits per heavy atom. The summed E-state index contributed by atoms with van der Waals surface area (Å²) in [4.78, 5) is 23.0. The van der Waals surface area contributed by atoms with Crippen molar-refractivity contribution in [1.29, 1.82) is 0 Å². The number of hydrogen-bond acceptors (Lipinski definition) is 6. The number of carbonyl (C=O) groups excluding carboxylic acids is 1. The van der Waals surface area contributed by atoms with Crippen LogP contribution in [0.1, 0.15) is 42.5 Å². The molecule has 2 heterocycles.